The van der Waals surface area contributed by atoms with Gasteiger partial charge < -0.3 is 4.74 Å². The van der Waals surface area contributed by atoms with Gasteiger partial charge in [0.05, 0.1) is 27.7 Å². The molecule has 2 rings (SSSR count). The van der Waals surface area contributed by atoms with Crippen molar-refractivity contribution in [3.63, 3.8) is 0 Å². The molecule has 0 unspecified atom stereocenters. The molecule has 0 aliphatic heterocycles. The molecule has 0 radical (unpaired) electrons. The van der Waals surface area contributed by atoms with E-state index in [2.05, 4.69) is 25.6 Å². The second kappa shape index (κ2) is 6.21. The van der Waals surface area contributed by atoms with Gasteiger partial charge in [0, 0.05) is 11.4 Å². The molecule has 1 heterocycles. The molecule has 108 valence electrons. The van der Waals surface area contributed by atoms with E-state index in [1.165, 1.54) is 30.6 Å². The van der Waals surface area contributed by atoms with Gasteiger partial charge in [-0.2, -0.15) is 0 Å². The van der Waals surface area contributed by atoms with E-state index in [9.17, 15) is 8.42 Å². The first-order valence-corrected chi connectivity index (χ1v) is 8.82. The molecule has 1 aromatic heterocycles. The van der Waals surface area contributed by atoms with Gasteiger partial charge in [-0.05, 0) is 41.1 Å². The van der Waals surface area contributed by atoms with Gasteiger partial charge in [-0.3, -0.25) is 0 Å². The third kappa shape index (κ3) is 3.38. The molecule has 1 aromatic carbocycles. The van der Waals surface area contributed by atoms with Crippen molar-refractivity contribution in [1.82, 2.24) is 9.71 Å². The topological polar surface area (TPSA) is 68.3 Å². The van der Waals surface area contributed by atoms with E-state index in [-0.39, 0.29) is 11.4 Å². The summed E-state index contributed by atoms with van der Waals surface area (Å²) in [6.07, 6.45) is 0. The van der Waals surface area contributed by atoms with Crippen LogP contribution in [0.25, 0.3) is 0 Å². The van der Waals surface area contributed by atoms with Gasteiger partial charge in [-0.15, -0.1) is 11.3 Å². The number of halogens is 1. The quantitative estimate of drug-likeness (QED) is 0.870. The Balaban J connectivity index is 2.18. The van der Waals surface area contributed by atoms with E-state index in [1.54, 1.807) is 11.6 Å². The van der Waals surface area contributed by atoms with Crippen LogP contribution in [0.5, 0.6) is 5.75 Å². The molecular formula is C12H13BrN2O3S2. The van der Waals surface area contributed by atoms with Crippen LogP contribution in [0.15, 0.2) is 33.1 Å². The lowest BCUT2D eigenvalue weighted by molar-refractivity contribution is 0.411. The number of nitrogens with zero attached hydrogens (tertiary/aromatic N) is 1. The van der Waals surface area contributed by atoms with Crippen molar-refractivity contribution in [3.05, 3.63) is 38.8 Å². The molecule has 8 heteroatoms. The molecule has 0 fully saturated rings. The number of hydrogen-bond acceptors (Lipinski definition) is 5. The average Bonchev–Trinajstić information content (AvgIpc) is 2.82. The first-order chi connectivity index (χ1) is 9.44. The zero-order valence-corrected chi connectivity index (χ0v) is 14.1. The molecule has 20 heavy (non-hydrogen) atoms. The Morgan fingerprint density at radius 2 is 2.20 bits per heavy atom. The number of rotatable bonds is 5. The summed E-state index contributed by atoms with van der Waals surface area (Å²) in [5.74, 6) is 0.585. The second-order valence-electron chi connectivity index (χ2n) is 3.98. The van der Waals surface area contributed by atoms with Crippen molar-refractivity contribution in [2.24, 2.45) is 0 Å². The number of nitrogens with one attached hydrogen (secondary N) is 1. The van der Waals surface area contributed by atoms with Crippen LogP contribution in [0.3, 0.4) is 0 Å². The molecule has 2 aromatic rings. The van der Waals surface area contributed by atoms with Crippen LogP contribution in [-0.4, -0.2) is 20.5 Å². The van der Waals surface area contributed by atoms with Crippen molar-refractivity contribution < 1.29 is 13.2 Å². The van der Waals surface area contributed by atoms with Crippen LogP contribution in [0.1, 0.15) is 10.6 Å². The number of hydrogen-bond donors (Lipinski definition) is 1. The molecule has 0 bridgehead atoms. The second-order valence-corrected chi connectivity index (χ2v) is 7.54. The molecule has 0 aliphatic carbocycles. The van der Waals surface area contributed by atoms with Gasteiger partial charge >= 0.3 is 0 Å². The Bertz CT molecular complexity index is 713. The maximum Gasteiger partial charge on any atom is 0.240 e. The van der Waals surface area contributed by atoms with Gasteiger partial charge in [-0.25, -0.2) is 18.1 Å². The molecule has 0 saturated heterocycles. The summed E-state index contributed by atoms with van der Waals surface area (Å²) in [5, 5.41) is 0. The van der Waals surface area contributed by atoms with E-state index in [1.807, 2.05) is 6.92 Å². The first-order valence-electron chi connectivity index (χ1n) is 5.66. The number of benzene rings is 1. The van der Waals surface area contributed by atoms with Crippen LogP contribution in [0.2, 0.25) is 0 Å². The summed E-state index contributed by atoms with van der Waals surface area (Å²) in [6.45, 7) is 2.09. The highest BCUT2D eigenvalue weighted by Gasteiger charge is 2.16. The zero-order valence-electron chi connectivity index (χ0n) is 10.9. The van der Waals surface area contributed by atoms with Crippen molar-refractivity contribution in [2.75, 3.05) is 7.11 Å². The SMILES string of the molecule is COc1ccc(S(=O)(=O)NCc2scnc2C)cc1Br. The minimum absolute atomic E-state index is 0.187. The highest BCUT2D eigenvalue weighted by molar-refractivity contribution is 9.10. The lowest BCUT2D eigenvalue weighted by atomic mass is 10.3. The smallest absolute Gasteiger partial charge is 0.240 e. The third-order valence-electron chi connectivity index (χ3n) is 2.70. The minimum atomic E-state index is -3.56. The van der Waals surface area contributed by atoms with Gasteiger partial charge in [0.15, 0.2) is 0 Å². The highest BCUT2D eigenvalue weighted by atomic mass is 79.9. The number of ether oxygens (including phenoxy) is 1. The van der Waals surface area contributed by atoms with E-state index < -0.39 is 10.0 Å². The standard InChI is InChI=1S/C12H13BrN2O3S2/c1-8-12(19-7-14-8)6-15-20(16,17)9-3-4-11(18-2)10(13)5-9/h3-5,7,15H,6H2,1-2H3. The van der Waals surface area contributed by atoms with Crippen molar-refractivity contribution in [2.45, 2.75) is 18.4 Å². The zero-order chi connectivity index (χ0) is 14.8. The Labute approximate surface area is 130 Å². The monoisotopic (exact) mass is 376 g/mol. The fourth-order valence-electron chi connectivity index (χ4n) is 1.55. The summed E-state index contributed by atoms with van der Waals surface area (Å²) >= 11 is 4.70. The maximum absolute atomic E-state index is 12.2. The van der Waals surface area contributed by atoms with Crippen molar-refractivity contribution in [1.29, 1.82) is 0 Å². The van der Waals surface area contributed by atoms with Gasteiger partial charge in [0.1, 0.15) is 5.75 Å². The van der Waals surface area contributed by atoms with Crippen LogP contribution in [-0.2, 0) is 16.6 Å². The average molecular weight is 377 g/mol. The molecule has 0 spiro atoms. The maximum atomic E-state index is 12.2. The predicted octanol–water partition coefficient (Wildman–Crippen LogP) is 2.70. The van der Waals surface area contributed by atoms with Gasteiger partial charge in [0.2, 0.25) is 10.0 Å². The molecule has 0 atom stereocenters. The largest absolute Gasteiger partial charge is 0.496 e. The first kappa shape index (κ1) is 15.4. The fraction of sp³-hybridized carbons (Fsp3) is 0.250. The summed E-state index contributed by atoms with van der Waals surface area (Å²) in [6, 6.07) is 4.63. The summed E-state index contributed by atoms with van der Waals surface area (Å²) < 4.78 is 32.6. The van der Waals surface area contributed by atoms with E-state index in [0.717, 1.165) is 10.6 Å². The van der Waals surface area contributed by atoms with Crippen LogP contribution < -0.4 is 9.46 Å². The number of methoxy groups -OCH3 is 1. The molecule has 0 saturated carbocycles. The Hall–Kier alpha value is -0.960. The van der Waals surface area contributed by atoms with E-state index in [4.69, 9.17) is 4.74 Å². The van der Waals surface area contributed by atoms with E-state index >= 15 is 0 Å². The molecule has 5 nitrogen and oxygen atoms in total. The lowest BCUT2D eigenvalue weighted by Gasteiger charge is -2.08. The van der Waals surface area contributed by atoms with Crippen LogP contribution in [0.4, 0.5) is 0 Å². The minimum Gasteiger partial charge on any atom is -0.496 e. The van der Waals surface area contributed by atoms with Crippen LogP contribution in [0, 0.1) is 6.92 Å². The highest BCUT2D eigenvalue weighted by Crippen LogP contribution is 2.27. The predicted molar refractivity (Wildman–Crippen MR) is 81.6 cm³/mol. The molecule has 0 aliphatic rings. The van der Waals surface area contributed by atoms with E-state index in [0.29, 0.717) is 10.2 Å². The molecule has 0 amide bonds. The Morgan fingerprint density at radius 1 is 1.45 bits per heavy atom. The number of aromatic nitrogens is 1. The summed E-state index contributed by atoms with van der Waals surface area (Å²) in [4.78, 5) is 5.18. The van der Waals surface area contributed by atoms with Gasteiger partial charge in [-0.1, -0.05) is 0 Å². The third-order valence-corrected chi connectivity index (χ3v) is 5.65. The number of thiazole rings is 1. The van der Waals surface area contributed by atoms with Crippen molar-refractivity contribution in [3.8, 4) is 5.75 Å². The molecular weight excluding hydrogens is 364 g/mol. The summed E-state index contributed by atoms with van der Waals surface area (Å²) in [7, 11) is -2.03. The number of aryl methyl sites for hydroxylation is 1. The summed E-state index contributed by atoms with van der Waals surface area (Å²) in [5.41, 5.74) is 2.54. The number of sulfonamides is 1. The van der Waals surface area contributed by atoms with Crippen molar-refractivity contribution >= 4 is 37.3 Å². The van der Waals surface area contributed by atoms with Gasteiger partial charge in [0.25, 0.3) is 0 Å². The Morgan fingerprint density at radius 3 is 2.75 bits per heavy atom. The Kier molecular flexibility index (Phi) is 4.79. The molecule has 1 N–H and O–H groups in total. The lowest BCUT2D eigenvalue weighted by Crippen LogP contribution is -2.23. The fourth-order valence-corrected chi connectivity index (χ4v) is 4.08. The normalized spacial score (nSPS) is 11.6. The van der Waals surface area contributed by atoms with Crippen LogP contribution >= 0.6 is 27.3 Å².